The predicted octanol–water partition coefficient (Wildman–Crippen LogP) is -0.0916. The molecule has 2 rings (SSSR count). The minimum Gasteiger partial charge on any atom is -0.378 e. The molecule has 4 atom stereocenters. The van der Waals surface area contributed by atoms with Gasteiger partial charge in [-0.1, -0.05) is 6.92 Å². The van der Waals surface area contributed by atoms with Gasteiger partial charge in [-0.05, 0) is 39.8 Å². The fraction of sp³-hybridized carbons (Fsp3) is 0.913. The third kappa shape index (κ3) is 10.2. The van der Waals surface area contributed by atoms with Crippen molar-refractivity contribution in [3.63, 3.8) is 0 Å². The van der Waals surface area contributed by atoms with Crippen LogP contribution in [0.25, 0.3) is 0 Å². The number of likely N-dealkylation sites (tertiary alicyclic amines) is 1. The fourth-order valence-corrected chi connectivity index (χ4v) is 4.15. The molecule has 0 aromatic heterocycles. The number of ether oxygens (including phenoxy) is 4. The van der Waals surface area contributed by atoms with Crippen LogP contribution in [-0.2, 0) is 28.5 Å². The number of nitrogens with zero attached hydrogens (tertiary/aromatic N) is 1. The predicted molar refractivity (Wildman–Crippen MR) is 125 cm³/mol. The lowest BCUT2D eigenvalue weighted by Crippen LogP contribution is -2.47. The molecule has 0 aromatic rings. The Kier molecular flexibility index (Phi) is 13.8. The van der Waals surface area contributed by atoms with Crippen molar-refractivity contribution < 1.29 is 28.5 Å². The van der Waals surface area contributed by atoms with Gasteiger partial charge in [-0.2, -0.15) is 0 Å². The van der Waals surface area contributed by atoms with Crippen molar-refractivity contribution in [3.8, 4) is 0 Å². The van der Waals surface area contributed by atoms with Crippen LogP contribution in [0.1, 0.15) is 39.5 Å². The molecule has 4 unspecified atom stereocenters. The summed E-state index contributed by atoms with van der Waals surface area (Å²) in [6.45, 7) is 9.18. The molecule has 2 amide bonds. The Morgan fingerprint density at radius 2 is 1.82 bits per heavy atom. The zero-order chi connectivity index (χ0) is 23.9. The standard InChI is InChI=1S/C23H44N4O6/c1-4-7-26-23(29)21-15-19(33-18(2)20-6-5-8-25-20)16-27(21)22(28)17-32-14-13-31-12-11-30-10-9-24-3/h18-21,24-25H,4-17H2,1-3H3,(H,26,29). The van der Waals surface area contributed by atoms with Gasteiger partial charge in [0.1, 0.15) is 12.6 Å². The van der Waals surface area contributed by atoms with E-state index in [0.717, 1.165) is 32.4 Å². The molecule has 0 radical (unpaired) electrons. The molecule has 2 heterocycles. The summed E-state index contributed by atoms with van der Waals surface area (Å²) in [5.41, 5.74) is 0. The number of likely N-dealkylation sites (N-methyl/N-ethyl adjacent to an activating group) is 1. The molecule has 10 nitrogen and oxygen atoms in total. The van der Waals surface area contributed by atoms with Crippen molar-refractivity contribution in [1.29, 1.82) is 0 Å². The number of amides is 2. The van der Waals surface area contributed by atoms with Gasteiger partial charge in [0.2, 0.25) is 11.8 Å². The van der Waals surface area contributed by atoms with Crippen LogP contribution in [0.5, 0.6) is 0 Å². The maximum absolute atomic E-state index is 12.8. The number of carbonyl (C=O) groups excluding carboxylic acids is 2. The van der Waals surface area contributed by atoms with Crippen LogP contribution in [0.3, 0.4) is 0 Å². The van der Waals surface area contributed by atoms with Crippen molar-refractivity contribution >= 4 is 11.8 Å². The van der Waals surface area contributed by atoms with E-state index in [1.807, 2.05) is 14.0 Å². The first kappa shape index (κ1) is 27.9. The molecule has 3 N–H and O–H groups in total. The van der Waals surface area contributed by atoms with Gasteiger partial charge >= 0.3 is 0 Å². The maximum atomic E-state index is 12.8. The van der Waals surface area contributed by atoms with E-state index in [2.05, 4.69) is 22.9 Å². The van der Waals surface area contributed by atoms with Crippen LogP contribution in [0, 0.1) is 0 Å². The Balaban J connectivity index is 1.73. The van der Waals surface area contributed by atoms with Gasteiger partial charge in [0.05, 0.1) is 45.2 Å². The van der Waals surface area contributed by atoms with Crippen molar-refractivity contribution in [2.75, 3.05) is 72.9 Å². The van der Waals surface area contributed by atoms with Crippen LogP contribution in [0.4, 0.5) is 0 Å². The smallest absolute Gasteiger partial charge is 0.249 e. The minimum absolute atomic E-state index is 0.0440. The molecule has 2 aliphatic heterocycles. The van der Waals surface area contributed by atoms with E-state index in [1.165, 1.54) is 0 Å². The van der Waals surface area contributed by atoms with Crippen LogP contribution in [0.2, 0.25) is 0 Å². The zero-order valence-electron chi connectivity index (χ0n) is 20.6. The zero-order valence-corrected chi connectivity index (χ0v) is 20.6. The van der Waals surface area contributed by atoms with Crippen LogP contribution in [-0.4, -0.2) is 114 Å². The van der Waals surface area contributed by atoms with E-state index in [-0.39, 0.29) is 30.6 Å². The number of hydrogen-bond donors (Lipinski definition) is 3. The van der Waals surface area contributed by atoms with Crippen molar-refractivity contribution in [2.24, 2.45) is 0 Å². The highest BCUT2D eigenvalue weighted by Gasteiger charge is 2.41. The van der Waals surface area contributed by atoms with E-state index in [9.17, 15) is 9.59 Å². The fourth-order valence-electron chi connectivity index (χ4n) is 4.15. The Bertz CT molecular complexity index is 561. The topological polar surface area (TPSA) is 110 Å². The van der Waals surface area contributed by atoms with Crippen LogP contribution >= 0.6 is 0 Å². The molecule has 0 aromatic carbocycles. The van der Waals surface area contributed by atoms with Gasteiger partial charge in [-0.3, -0.25) is 9.59 Å². The summed E-state index contributed by atoms with van der Waals surface area (Å²) in [7, 11) is 1.88. The Hall–Kier alpha value is -1.30. The van der Waals surface area contributed by atoms with Gasteiger partial charge in [-0.15, -0.1) is 0 Å². The largest absolute Gasteiger partial charge is 0.378 e. The van der Waals surface area contributed by atoms with E-state index >= 15 is 0 Å². The van der Waals surface area contributed by atoms with Gasteiger partial charge < -0.3 is 39.8 Å². The lowest BCUT2D eigenvalue weighted by atomic mass is 10.1. The minimum atomic E-state index is -0.521. The van der Waals surface area contributed by atoms with Crippen LogP contribution in [0.15, 0.2) is 0 Å². The summed E-state index contributed by atoms with van der Waals surface area (Å²) in [6, 6.07) is -0.188. The Labute approximate surface area is 198 Å². The summed E-state index contributed by atoms with van der Waals surface area (Å²) < 4.78 is 22.6. The average Bonchev–Trinajstić information content (AvgIpc) is 3.49. The third-order valence-corrected chi connectivity index (χ3v) is 5.97. The first-order chi connectivity index (χ1) is 16.1. The number of nitrogens with one attached hydrogen (secondary N) is 3. The normalized spacial score (nSPS) is 23.7. The molecular weight excluding hydrogens is 428 g/mol. The lowest BCUT2D eigenvalue weighted by molar-refractivity contribution is -0.142. The van der Waals surface area contributed by atoms with Gasteiger partial charge in [0.15, 0.2) is 0 Å². The van der Waals surface area contributed by atoms with Gasteiger partial charge in [0.25, 0.3) is 0 Å². The first-order valence-corrected chi connectivity index (χ1v) is 12.4. The van der Waals surface area contributed by atoms with Crippen molar-refractivity contribution in [2.45, 2.75) is 63.8 Å². The second-order valence-corrected chi connectivity index (χ2v) is 8.64. The first-order valence-electron chi connectivity index (χ1n) is 12.4. The van der Waals surface area contributed by atoms with Crippen molar-refractivity contribution in [1.82, 2.24) is 20.9 Å². The molecule has 0 spiro atoms. The average molecular weight is 473 g/mol. The second-order valence-electron chi connectivity index (χ2n) is 8.64. The molecular formula is C23H44N4O6. The Morgan fingerprint density at radius 1 is 1.09 bits per heavy atom. The van der Waals surface area contributed by atoms with E-state index in [1.54, 1.807) is 4.90 Å². The molecule has 192 valence electrons. The Morgan fingerprint density at radius 3 is 2.48 bits per heavy atom. The quantitative estimate of drug-likeness (QED) is 0.252. The molecule has 2 saturated heterocycles. The highest BCUT2D eigenvalue weighted by atomic mass is 16.5. The molecule has 33 heavy (non-hydrogen) atoms. The summed E-state index contributed by atoms with van der Waals surface area (Å²) in [5.74, 6) is -0.315. The summed E-state index contributed by atoms with van der Waals surface area (Å²) in [6.07, 6.45) is 3.49. The molecule has 10 heteroatoms. The highest BCUT2D eigenvalue weighted by Crippen LogP contribution is 2.24. The summed E-state index contributed by atoms with van der Waals surface area (Å²) in [5, 5.41) is 9.39. The van der Waals surface area contributed by atoms with Gasteiger partial charge in [-0.25, -0.2) is 0 Å². The molecule has 0 bridgehead atoms. The van der Waals surface area contributed by atoms with E-state index < -0.39 is 6.04 Å². The summed E-state index contributed by atoms with van der Waals surface area (Å²) >= 11 is 0. The lowest BCUT2D eigenvalue weighted by Gasteiger charge is -2.24. The van der Waals surface area contributed by atoms with E-state index in [0.29, 0.717) is 58.6 Å². The molecule has 2 fully saturated rings. The monoisotopic (exact) mass is 472 g/mol. The maximum Gasteiger partial charge on any atom is 0.249 e. The summed E-state index contributed by atoms with van der Waals surface area (Å²) in [4.78, 5) is 27.2. The molecule has 0 aliphatic carbocycles. The van der Waals surface area contributed by atoms with Gasteiger partial charge in [0, 0.05) is 32.1 Å². The molecule has 0 saturated carbocycles. The number of rotatable bonds is 17. The highest BCUT2D eigenvalue weighted by molar-refractivity contribution is 5.88. The molecule has 2 aliphatic rings. The third-order valence-electron chi connectivity index (χ3n) is 5.97. The SMILES string of the molecule is CCCNC(=O)C1CC(OC(C)C2CCCN2)CN1C(=O)COCCOCCOCCNC. The van der Waals surface area contributed by atoms with Crippen molar-refractivity contribution in [3.05, 3.63) is 0 Å². The second kappa shape index (κ2) is 16.3. The van der Waals surface area contributed by atoms with E-state index in [4.69, 9.17) is 18.9 Å². The number of hydrogen-bond acceptors (Lipinski definition) is 8. The van der Waals surface area contributed by atoms with Crippen LogP contribution < -0.4 is 16.0 Å². The number of carbonyl (C=O) groups is 2.